The summed E-state index contributed by atoms with van der Waals surface area (Å²) in [6.45, 7) is 0. The minimum Gasteiger partial charge on any atom is -0.353 e. The number of rotatable bonds is 8. The van der Waals surface area contributed by atoms with Crippen LogP contribution in [0.1, 0.15) is 35.4 Å². The normalized spacial score (nSPS) is 14.4. The summed E-state index contributed by atoms with van der Waals surface area (Å²) in [5.74, 6) is 1.74. The molecule has 0 aliphatic heterocycles. The van der Waals surface area contributed by atoms with Crippen LogP contribution in [0.4, 0.5) is 0 Å². The molecular weight excluding hydrogens is 266 g/mol. The molecule has 1 aliphatic carbocycles. The Balaban J connectivity index is 1.50. The first-order valence-corrected chi connectivity index (χ1v) is 8.23. The number of thioether (sulfide) groups is 1. The van der Waals surface area contributed by atoms with Crippen LogP contribution in [-0.4, -0.2) is 29.2 Å². The minimum atomic E-state index is 0.132. The van der Waals surface area contributed by atoms with Crippen molar-refractivity contribution in [3.63, 3.8) is 0 Å². The molecule has 0 bridgehead atoms. The number of carbonyl (C=O) groups is 2. The first-order valence-electron chi connectivity index (χ1n) is 6.19. The van der Waals surface area contributed by atoms with E-state index in [0.717, 1.165) is 29.9 Å². The molecule has 0 aromatic carbocycles. The first kappa shape index (κ1) is 13.6. The van der Waals surface area contributed by atoms with Crippen LogP contribution < -0.4 is 5.32 Å². The lowest BCUT2D eigenvalue weighted by Gasteiger charge is -2.02. The molecule has 0 saturated heterocycles. The topological polar surface area (TPSA) is 46.2 Å². The summed E-state index contributed by atoms with van der Waals surface area (Å²) in [5, 5.41) is 4.87. The molecule has 1 heterocycles. The van der Waals surface area contributed by atoms with Crippen molar-refractivity contribution in [2.24, 2.45) is 0 Å². The van der Waals surface area contributed by atoms with Gasteiger partial charge >= 0.3 is 0 Å². The van der Waals surface area contributed by atoms with Crippen molar-refractivity contribution in [2.75, 3.05) is 11.5 Å². The van der Waals surface area contributed by atoms with Gasteiger partial charge in [0, 0.05) is 12.5 Å². The number of ketones is 1. The molecule has 1 saturated carbocycles. The highest BCUT2D eigenvalue weighted by atomic mass is 32.2. The van der Waals surface area contributed by atoms with Gasteiger partial charge in [-0.1, -0.05) is 6.07 Å². The average Bonchev–Trinajstić information content (AvgIpc) is 2.98. The van der Waals surface area contributed by atoms with Crippen LogP contribution in [0.25, 0.3) is 0 Å². The third kappa shape index (κ3) is 4.82. The van der Waals surface area contributed by atoms with E-state index < -0.39 is 0 Å². The van der Waals surface area contributed by atoms with E-state index in [1.165, 1.54) is 11.3 Å². The lowest BCUT2D eigenvalue weighted by atomic mass is 10.2. The molecule has 1 fully saturated rings. The number of hydrogen-bond acceptors (Lipinski definition) is 4. The van der Waals surface area contributed by atoms with Gasteiger partial charge in [-0.3, -0.25) is 9.59 Å². The zero-order chi connectivity index (χ0) is 12.8. The molecule has 1 aliphatic rings. The molecule has 0 unspecified atom stereocenters. The Labute approximate surface area is 115 Å². The second kappa shape index (κ2) is 6.95. The molecule has 1 N–H and O–H groups in total. The second-order valence-electron chi connectivity index (χ2n) is 4.40. The Morgan fingerprint density at radius 3 is 2.94 bits per heavy atom. The van der Waals surface area contributed by atoms with Crippen LogP contribution in [0.15, 0.2) is 17.5 Å². The molecule has 2 rings (SSSR count). The van der Waals surface area contributed by atoms with Crippen LogP contribution in [0.5, 0.6) is 0 Å². The largest absolute Gasteiger partial charge is 0.353 e. The third-order valence-corrected chi connectivity index (χ3v) is 4.62. The van der Waals surface area contributed by atoms with Crippen molar-refractivity contribution >= 4 is 34.8 Å². The van der Waals surface area contributed by atoms with Crippen molar-refractivity contribution in [3.05, 3.63) is 22.4 Å². The quantitative estimate of drug-likeness (QED) is 0.589. The van der Waals surface area contributed by atoms with E-state index in [-0.39, 0.29) is 11.7 Å². The standard InChI is InChI=1S/C13H17NO2S2/c15-11(12-4-2-8-18-12)3-1-7-17-9-13(16)14-10-5-6-10/h2,4,8,10H,1,3,5-7,9H2,(H,14,16). The van der Waals surface area contributed by atoms with Gasteiger partial charge in [0.05, 0.1) is 10.6 Å². The van der Waals surface area contributed by atoms with Crippen molar-refractivity contribution < 1.29 is 9.59 Å². The van der Waals surface area contributed by atoms with Gasteiger partial charge in [-0.2, -0.15) is 11.8 Å². The summed E-state index contributed by atoms with van der Waals surface area (Å²) >= 11 is 3.10. The number of nitrogens with one attached hydrogen (secondary N) is 1. The Morgan fingerprint density at radius 1 is 1.44 bits per heavy atom. The van der Waals surface area contributed by atoms with E-state index in [1.54, 1.807) is 11.8 Å². The maximum Gasteiger partial charge on any atom is 0.230 e. The first-order chi connectivity index (χ1) is 8.75. The fraction of sp³-hybridized carbons (Fsp3) is 0.538. The van der Waals surface area contributed by atoms with Gasteiger partial charge in [0.25, 0.3) is 0 Å². The van der Waals surface area contributed by atoms with Gasteiger partial charge < -0.3 is 5.32 Å². The summed E-state index contributed by atoms with van der Waals surface area (Å²) in [4.78, 5) is 23.9. The zero-order valence-electron chi connectivity index (χ0n) is 10.2. The third-order valence-electron chi connectivity index (χ3n) is 2.66. The lowest BCUT2D eigenvalue weighted by Crippen LogP contribution is -2.27. The Kier molecular flexibility index (Phi) is 5.26. The highest BCUT2D eigenvalue weighted by Crippen LogP contribution is 2.19. The van der Waals surface area contributed by atoms with Gasteiger partial charge in [-0.05, 0) is 36.5 Å². The van der Waals surface area contributed by atoms with E-state index in [0.29, 0.717) is 18.2 Å². The molecule has 0 radical (unpaired) electrons. The van der Waals surface area contributed by atoms with Crippen LogP contribution in [-0.2, 0) is 4.79 Å². The predicted octanol–water partition coefficient (Wildman–Crippen LogP) is 2.72. The van der Waals surface area contributed by atoms with Crippen molar-refractivity contribution in [1.82, 2.24) is 5.32 Å². The van der Waals surface area contributed by atoms with Gasteiger partial charge in [0.15, 0.2) is 5.78 Å². The molecule has 1 aromatic heterocycles. The minimum absolute atomic E-state index is 0.132. The smallest absolute Gasteiger partial charge is 0.230 e. The number of thiophene rings is 1. The fourth-order valence-electron chi connectivity index (χ4n) is 1.56. The predicted molar refractivity (Wildman–Crippen MR) is 76.4 cm³/mol. The number of amides is 1. The van der Waals surface area contributed by atoms with Gasteiger partial charge in [-0.25, -0.2) is 0 Å². The van der Waals surface area contributed by atoms with E-state index in [4.69, 9.17) is 0 Å². The molecule has 1 amide bonds. The highest BCUT2D eigenvalue weighted by molar-refractivity contribution is 7.99. The molecule has 3 nitrogen and oxygen atoms in total. The molecular formula is C13H17NO2S2. The summed E-state index contributed by atoms with van der Waals surface area (Å²) in [6.07, 6.45) is 3.69. The van der Waals surface area contributed by atoms with E-state index in [9.17, 15) is 9.59 Å². The van der Waals surface area contributed by atoms with Gasteiger partial charge in [0.1, 0.15) is 0 Å². The number of hydrogen-bond donors (Lipinski definition) is 1. The summed E-state index contributed by atoms with van der Waals surface area (Å²) in [5.41, 5.74) is 0. The maximum atomic E-state index is 11.7. The molecule has 18 heavy (non-hydrogen) atoms. The SMILES string of the molecule is O=C(CSCCCC(=O)c1cccs1)NC1CC1. The Bertz CT molecular complexity index is 399. The molecule has 0 atom stereocenters. The van der Waals surface area contributed by atoms with E-state index in [2.05, 4.69) is 5.32 Å². The van der Waals surface area contributed by atoms with Gasteiger partial charge in [0.2, 0.25) is 5.91 Å². The van der Waals surface area contributed by atoms with Crippen molar-refractivity contribution in [3.8, 4) is 0 Å². The highest BCUT2D eigenvalue weighted by Gasteiger charge is 2.22. The summed E-state index contributed by atoms with van der Waals surface area (Å²) in [6, 6.07) is 4.21. The number of carbonyl (C=O) groups excluding carboxylic acids is 2. The van der Waals surface area contributed by atoms with Crippen molar-refractivity contribution in [1.29, 1.82) is 0 Å². The monoisotopic (exact) mass is 283 g/mol. The van der Waals surface area contributed by atoms with E-state index in [1.807, 2.05) is 17.5 Å². The van der Waals surface area contributed by atoms with Crippen LogP contribution in [0, 0.1) is 0 Å². The van der Waals surface area contributed by atoms with Gasteiger partial charge in [-0.15, -0.1) is 11.3 Å². The van der Waals surface area contributed by atoms with Crippen LogP contribution in [0.3, 0.4) is 0 Å². The fourth-order valence-corrected chi connectivity index (χ4v) is 3.01. The number of Topliss-reactive ketones (excluding diaryl/α,β-unsaturated/α-hetero) is 1. The maximum absolute atomic E-state index is 11.7. The van der Waals surface area contributed by atoms with E-state index >= 15 is 0 Å². The Morgan fingerprint density at radius 2 is 2.28 bits per heavy atom. The van der Waals surface area contributed by atoms with Crippen molar-refractivity contribution in [2.45, 2.75) is 31.7 Å². The Hall–Kier alpha value is -0.810. The second-order valence-corrected chi connectivity index (χ2v) is 6.45. The van der Waals surface area contributed by atoms with Crippen LogP contribution in [0.2, 0.25) is 0 Å². The molecule has 98 valence electrons. The summed E-state index contributed by atoms with van der Waals surface area (Å²) < 4.78 is 0. The summed E-state index contributed by atoms with van der Waals surface area (Å²) in [7, 11) is 0. The van der Waals surface area contributed by atoms with Crippen LogP contribution >= 0.6 is 23.1 Å². The molecule has 0 spiro atoms. The molecule has 1 aromatic rings. The average molecular weight is 283 g/mol. The molecule has 5 heteroatoms. The zero-order valence-corrected chi connectivity index (χ0v) is 11.8. The lowest BCUT2D eigenvalue weighted by molar-refractivity contribution is -0.118.